The number of hydrogen-bond acceptors (Lipinski definition) is 3. The molecule has 186 valence electrons. The van der Waals surface area contributed by atoms with Crippen LogP contribution in [0.2, 0.25) is 0 Å². The molecule has 4 fully saturated rings. The number of ether oxygens (including phenoxy) is 1. The van der Waals surface area contributed by atoms with Gasteiger partial charge >= 0.3 is 5.97 Å². The van der Waals surface area contributed by atoms with Gasteiger partial charge in [-0.25, -0.2) is 4.39 Å². The van der Waals surface area contributed by atoms with Crippen molar-refractivity contribution in [2.24, 2.45) is 11.8 Å². The number of rotatable bonds is 6. The van der Waals surface area contributed by atoms with Gasteiger partial charge in [0.05, 0.1) is 24.7 Å². The van der Waals surface area contributed by atoms with Crippen LogP contribution in [0.4, 0.5) is 10.1 Å². The van der Waals surface area contributed by atoms with E-state index in [4.69, 9.17) is 4.74 Å². The summed E-state index contributed by atoms with van der Waals surface area (Å²) in [6.07, 6.45) is 6.76. The van der Waals surface area contributed by atoms with Gasteiger partial charge < -0.3 is 14.5 Å². The Morgan fingerprint density at radius 1 is 0.914 bits per heavy atom. The predicted molar refractivity (Wildman–Crippen MR) is 133 cm³/mol. The Morgan fingerprint density at radius 3 is 2.43 bits per heavy atom. The topological polar surface area (TPSA) is 55.4 Å². The van der Waals surface area contributed by atoms with Crippen LogP contribution in [-0.2, 0) is 14.3 Å². The largest absolute Gasteiger partial charge is 0.456 e. The summed E-state index contributed by atoms with van der Waals surface area (Å²) in [5, 5.41) is 2.73. The number of nitrogens with zero attached hydrogens (tertiary/aromatic N) is 1. The number of carbonyl (C=O) groups excluding carboxylic acids is 2. The highest BCUT2D eigenvalue weighted by Gasteiger charge is 2.49. The predicted octanol–water partition coefficient (Wildman–Crippen LogP) is 5.28. The quantitative estimate of drug-likeness (QED) is 0.348. The van der Waals surface area contributed by atoms with E-state index in [0.29, 0.717) is 22.9 Å². The fraction of sp³-hybridized carbons (Fsp3) is 0.517. The molecule has 2 aromatic carbocycles. The van der Waals surface area contributed by atoms with Crippen molar-refractivity contribution < 1.29 is 23.2 Å². The molecular weight excluding hydrogens is 443 g/mol. The number of esters is 1. The van der Waals surface area contributed by atoms with Crippen LogP contribution in [0, 0.1) is 17.7 Å². The SMILES string of the molecule is O=C(C[N+]12CCC(CC1)[C@@H](OC(=O)C1CCCC(c3ccccc3)CC1)C2)Nc1ccccc1F. The molecule has 0 radical (unpaired) electrons. The summed E-state index contributed by atoms with van der Waals surface area (Å²) in [6.45, 7) is 2.79. The van der Waals surface area contributed by atoms with Gasteiger partial charge in [-0.05, 0) is 49.3 Å². The van der Waals surface area contributed by atoms with E-state index >= 15 is 0 Å². The molecule has 2 aromatic rings. The molecule has 1 N–H and O–H groups in total. The van der Waals surface area contributed by atoms with Gasteiger partial charge in [0, 0.05) is 18.8 Å². The first-order valence-electron chi connectivity index (χ1n) is 13.2. The Bertz CT molecular complexity index is 1040. The van der Waals surface area contributed by atoms with Crippen molar-refractivity contribution in [3.8, 4) is 0 Å². The highest BCUT2D eigenvalue weighted by Crippen LogP contribution is 2.38. The minimum absolute atomic E-state index is 0.0306. The monoisotopic (exact) mass is 479 g/mol. The maximum absolute atomic E-state index is 14.0. The maximum Gasteiger partial charge on any atom is 0.309 e. The molecule has 2 bridgehead atoms. The van der Waals surface area contributed by atoms with Crippen LogP contribution in [0.25, 0.3) is 0 Å². The molecule has 3 atom stereocenters. The molecule has 1 aliphatic carbocycles. The molecule has 0 aromatic heterocycles. The lowest BCUT2D eigenvalue weighted by molar-refractivity contribution is -0.939. The second-order valence-electron chi connectivity index (χ2n) is 10.8. The molecule has 1 amide bonds. The average Bonchev–Trinajstić information content (AvgIpc) is 3.13. The van der Waals surface area contributed by atoms with Crippen LogP contribution < -0.4 is 5.32 Å². The van der Waals surface area contributed by atoms with Crippen molar-refractivity contribution in [3.63, 3.8) is 0 Å². The van der Waals surface area contributed by atoms with E-state index in [-0.39, 0.29) is 36.1 Å². The summed E-state index contributed by atoms with van der Waals surface area (Å²) in [5.74, 6) is 0.214. The molecule has 3 heterocycles. The first-order chi connectivity index (χ1) is 17.0. The van der Waals surface area contributed by atoms with Crippen LogP contribution in [0.3, 0.4) is 0 Å². The van der Waals surface area contributed by atoms with Crippen molar-refractivity contribution in [1.29, 1.82) is 0 Å². The van der Waals surface area contributed by atoms with Crippen LogP contribution in [0.15, 0.2) is 54.6 Å². The van der Waals surface area contributed by atoms with Crippen LogP contribution >= 0.6 is 0 Å². The van der Waals surface area contributed by atoms with Gasteiger partial charge in [0.25, 0.3) is 5.91 Å². The minimum Gasteiger partial charge on any atom is -0.456 e. The zero-order valence-corrected chi connectivity index (χ0v) is 20.3. The number of quaternary nitrogens is 1. The number of carbonyl (C=O) groups is 2. The number of anilines is 1. The second kappa shape index (κ2) is 10.5. The van der Waals surface area contributed by atoms with Gasteiger partial charge in [-0.3, -0.25) is 9.59 Å². The van der Waals surface area contributed by atoms with Crippen molar-refractivity contribution in [3.05, 3.63) is 66.0 Å². The molecule has 5 nitrogen and oxygen atoms in total. The smallest absolute Gasteiger partial charge is 0.309 e. The molecule has 35 heavy (non-hydrogen) atoms. The lowest BCUT2D eigenvalue weighted by Crippen LogP contribution is -2.66. The lowest BCUT2D eigenvalue weighted by atomic mass is 9.83. The zero-order valence-electron chi connectivity index (χ0n) is 20.3. The Balaban J connectivity index is 1.17. The Hall–Kier alpha value is -2.73. The summed E-state index contributed by atoms with van der Waals surface area (Å²) < 4.78 is 20.7. The molecule has 1 saturated carbocycles. The molecule has 6 rings (SSSR count). The molecule has 0 spiro atoms. The third kappa shape index (κ3) is 5.58. The summed E-state index contributed by atoms with van der Waals surface area (Å²) in [5.41, 5.74) is 1.59. The Labute approximate surface area is 207 Å². The van der Waals surface area contributed by atoms with Crippen molar-refractivity contribution in [1.82, 2.24) is 0 Å². The molecule has 6 heteroatoms. The van der Waals surface area contributed by atoms with Crippen molar-refractivity contribution in [2.75, 3.05) is 31.5 Å². The van der Waals surface area contributed by atoms with E-state index in [9.17, 15) is 14.0 Å². The van der Waals surface area contributed by atoms with Gasteiger partial charge in [0.1, 0.15) is 12.4 Å². The standard InChI is InChI=1S/C29H35FN2O3/c30-25-11-4-5-12-26(25)31-28(33)20-32-17-15-23(16-18-32)27(19-32)35-29(34)24-10-6-9-22(13-14-24)21-7-2-1-3-8-21/h1-5,7-8,11-12,22-24,27H,6,9-10,13-20H2/p+1/t22?,23?,24?,27-,32?/m0/s1. The first-order valence-corrected chi connectivity index (χ1v) is 13.2. The van der Waals surface area contributed by atoms with E-state index < -0.39 is 5.82 Å². The van der Waals surface area contributed by atoms with Gasteiger partial charge in [0.2, 0.25) is 0 Å². The third-order valence-electron chi connectivity index (χ3n) is 8.51. The summed E-state index contributed by atoms with van der Waals surface area (Å²) >= 11 is 0. The number of benzene rings is 2. The van der Waals surface area contributed by atoms with Crippen LogP contribution in [0.5, 0.6) is 0 Å². The lowest BCUT2D eigenvalue weighted by Gasteiger charge is -2.51. The van der Waals surface area contributed by atoms with Gasteiger partial charge in [-0.1, -0.05) is 48.9 Å². The Kier molecular flexibility index (Phi) is 7.19. The number of hydrogen-bond donors (Lipinski definition) is 1. The highest BCUT2D eigenvalue weighted by molar-refractivity contribution is 5.91. The average molecular weight is 480 g/mol. The number of halogens is 1. The van der Waals surface area contributed by atoms with Crippen LogP contribution in [-0.4, -0.2) is 48.6 Å². The number of piperidine rings is 3. The summed E-state index contributed by atoms with van der Waals surface area (Å²) in [4.78, 5) is 26.0. The first kappa shape index (κ1) is 24.0. The maximum atomic E-state index is 14.0. The van der Waals surface area contributed by atoms with E-state index in [1.54, 1.807) is 18.2 Å². The number of para-hydroxylation sites is 1. The zero-order chi connectivity index (χ0) is 24.3. The molecule has 3 aliphatic heterocycles. The number of nitrogens with one attached hydrogen (secondary N) is 1. The van der Waals surface area contributed by atoms with E-state index in [0.717, 1.165) is 58.0 Å². The Morgan fingerprint density at radius 2 is 1.66 bits per heavy atom. The highest BCUT2D eigenvalue weighted by atomic mass is 19.1. The van der Waals surface area contributed by atoms with E-state index in [1.165, 1.54) is 11.6 Å². The van der Waals surface area contributed by atoms with E-state index in [1.807, 2.05) is 6.07 Å². The summed E-state index contributed by atoms with van der Waals surface area (Å²) in [7, 11) is 0. The van der Waals surface area contributed by atoms with Crippen molar-refractivity contribution >= 4 is 17.6 Å². The fourth-order valence-electron chi connectivity index (χ4n) is 6.48. The van der Waals surface area contributed by atoms with Gasteiger partial charge in [-0.15, -0.1) is 0 Å². The molecule has 4 aliphatic rings. The normalized spacial score (nSPS) is 30.3. The molecular formula is C29H36FN2O3+. The summed E-state index contributed by atoms with van der Waals surface area (Å²) in [6, 6.07) is 16.9. The second-order valence-corrected chi connectivity index (χ2v) is 10.8. The minimum atomic E-state index is -0.428. The van der Waals surface area contributed by atoms with E-state index in [2.05, 4.69) is 29.6 Å². The molecule has 3 saturated heterocycles. The van der Waals surface area contributed by atoms with Crippen molar-refractivity contribution in [2.45, 2.75) is 57.0 Å². The number of fused-ring (bicyclic) bond motifs is 3. The van der Waals surface area contributed by atoms with Gasteiger partial charge in [0.15, 0.2) is 12.6 Å². The van der Waals surface area contributed by atoms with Gasteiger partial charge in [-0.2, -0.15) is 0 Å². The number of amides is 1. The van der Waals surface area contributed by atoms with Crippen LogP contribution in [0.1, 0.15) is 56.4 Å². The fourth-order valence-corrected chi connectivity index (χ4v) is 6.48. The molecule has 2 unspecified atom stereocenters. The third-order valence-corrected chi connectivity index (χ3v) is 8.51.